The van der Waals surface area contributed by atoms with Gasteiger partial charge in [0.15, 0.2) is 6.04 Å². The van der Waals surface area contributed by atoms with Crippen LogP contribution >= 0.6 is 0 Å². The molecule has 0 saturated carbocycles. The van der Waals surface area contributed by atoms with Gasteiger partial charge in [-0.15, -0.1) is 0 Å². The van der Waals surface area contributed by atoms with Gasteiger partial charge in [-0.05, 0) is 38.5 Å². The third kappa shape index (κ3) is 4.96. The predicted molar refractivity (Wildman–Crippen MR) is 92.4 cm³/mol. The van der Waals surface area contributed by atoms with Crippen molar-refractivity contribution in [3.05, 3.63) is 29.8 Å². The molecule has 3 amide bonds. The minimum Gasteiger partial charge on any atom is -0.508 e. The molecule has 1 saturated heterocycles. The Kier molecular flexibility index (Phi) is 5.72. The lowest BCUT2D eigenvalue weighted by Crippen LogP contribution is -2.58. The monoisotopic (exact) mass is 378 g/mol. The number of hydrogen-bond donors (Lipinski definition) is 2. The van der Waals surface area contributed by atoms with Crippen molar-refractivity contribution in [3.8, 4) is 5.75 Å². The lowest BCUT2D eigenvalue weighted by molar-refractivity contribution is -0.166. The van der Waals surface area contributed by atoms with Crippen LogP contribution in [-0.4, -0.2) is 55.8 Å². The average Bonchev–Trinajstić information content (AvgIpc) is 2.86. The Balaban J connectivity index is 2.42. The van der Waals surface area contributed by atoms with E-state index in [1.54, 1.807) is 20.8 Å². The molecule has 1 atom stereocenters. The molecule has 1 aliphatic rings. The number of phenolic OH excluding ortho intramolecular Hbond substituents is 1. The summed E-state index contributed by atoms with van der Waals surface area (Å²) < 4.78 is 5.23. The van der Waals surface area contributed by atoms with Gasteiger partial charge in [-0.3, -0.25) is 9.59 Å². The van der Waals surface area contributed by atoms with Crippen molar-refractivity contribution in [2.45, 2.75) is 51.7 Å². The minimum absolute atomic E-state index is 0.000443. The smallest absolute Gasteiger partial charge is 0.430 e. The van der Waals surface area contributed by atoms with Gasteiger partial charge in [0.1, 0.15) is 11.4 Å². The van der Waals surface area contributed by atoms with E-state index in [9.17, 15) is 29.4 Å². The third-order valence-corrected chi connectivity index (χ3v) is 3.77. The molecule has 1 heterocycles. The number of phenols is 1. The van der Waals surface area contributed by atoms with Gasteiger partial charge in [0.05, 0.1) is 0 Å². The molecule has 9 nitrogen and oxygen atoms in total. The summed E-state index contributed by atoms with van der Waals surface area (Å²) in [5.74, 6) is -2.73. The molecule has 1 aromatic rings. The number of carboxylic acids is 1. The normalized spacial score (nSPS) is 15.6. The van der Waals surface area contributed by atoms with Crippen LogP contribution in [0, 0.1) is 0 Å². The molecule has 0 spiro atoms. The van der Waals surface area contributed by atoms with Gasteiger partial charge in [0.2, 0.25) is 11.8 Å². The number of rotatable bonds is 5. The Bertz CT molecular complexity index is 736. The van der Waals surface area contributed by atoms with Gasteiger partial charge in [0.25, 0.3) is 0 Å². The predicted octanol–water partition coefficient (Wildman–Crippen LogP) is 1.69. The number of amides is 3. The van der Waals surface area contributed by atoms with Crippen LogP contribution in [0.2, 0.25) is 0 Å². The number of carbonyl (C=O) groups is 4. The van der Waals surface area contributed by atoms with Crippen LogP contribution in [0.25, 0.3) is 0 Å². The molecular formula is C18H22N2O7. The van der Waals surface area contributed by atoms with E-state index in [1.165, 1.54) is 24.3 Å². The summed E-state index contributed by atoms with van der Waals surface area (Å²) in [6.07, 6.45) is -1.50. The first kappa shape index (κ1) is 20.2. The summed E-state index contributed by atoms with van der Waals surface area (Å²) in [7, 11) is 0. The number of nitrogens with zero attached hydrogens (tertiary/aromatic N) is 2. The second kappa shape index (κ2) is 7.65. The van der Waals surface area contributed by atoms with Gasteiger partial charge >= 0.3 is 12.1 Å². The van der Waals surface area contributed by atoms with Gasteiger partial charge in [-0.25, -0.2) is 9.59 Å². The van der Waals surface area contributed by atoms with Crippen molar-refractivity contribution in [1.82, 2.24) is 10.0 Å². The van der Waals surface area contributed by atoms with Crippen LogP contribution in [0.4, 0.5) is 4.79 Å². The molecule has 0 unspecified atom stereocenters. The highest BCUT2D eigenvalue weighted by atomic mass is 16.6. The van der Waals surface area contributed by atoms with Gasteiger partial charge in [0, 0.05) is 19.3 Å². The average molecular weight is 378 g/mol. The molecule has 27 heavy (non-hydrogen) atoms. The fourth-order valence-corrected chi connectivity index (χ4v) is 2.60. The fourth-order valence-electron chi connectivity index (χ4n) is 2.60. The molecule has 0 aromatic heterocycles. The number of imide groups is 1. The number of ether oxygens (including phenoxy) is 1. The topological polar surface area (TPSA) is 124 Å². The maximum atomic E-state index is 12.7. The number of carbonyl (C=O) groups excluding carboxylic acids is 3. The zero-order valence-electron chi connectivity index (χ0n) is 15.3. The standard InChI is InChI=1S/C18H22N2O7/c1-18(2,3)27-17(26)19(20-14(22)8-9-15(20)23)13(16(24)25)10-11-4-6-12(21)7-5-11/h4-7,13,21H,8-10H2,1-3H3,(H,24,25)/t13-/m0/s1. The Labute approximate surface area is 156 Å². The molecule has 146 valence electrons. The summed E-state index contributed by atoms with van der Waals surface area (Å²) in [4.78, 5) is 48.9. The van der Waals surface area contributed by atoms with E-state index in [1.807, 2.05) is 0 Å². The van der Waals surface area contributed by atoms with E-state index >= 15 is 0 Å². The summed E-state index contributed by atoms with van der Waals surface area (Å²) in [5, 5.41) is 20.2. The van der Waals surface area contributed by atoms with Crippen molar-refractivity contribution < 1.29 is 34.1 Å². The lowest BCUT2D eigenvalue weighted by atomic mass is 10.1. The van der Waals surface area contributed by atoms with Crippen LogP contribution in [0.5, 0.6) is 5.75 Å². The quantitative estimate of drug-likeness (QED) is 0.747. The molecule has 2 rings (SSSR count). The van der Waals surface area contributed by atoms with Gasteiger partial charge in [-0.2, -0.15) is 10.0 Å². The molecule has 0 radical (unpaired) electrons. The molecule has 1 aliphatic heterocycles. The van der Waals surface area contributed by atoms with Gasteiger partial charge in [-0.1, -0.05) is 12.1 Å². The maximum Gasteiger partial charge on any atom is 0.430 e. The summed E-state index contributed by atoms with van der Waals surface area (Å²) in [6, 6.07) is 4.18. The zero-order valence-corrected chi connectivity index (χ0v) is 15.3. The Morgan fingerprint density at radius 1 is 1.15 bits per heavy atom. The maximum absolute atomic E-state index is 12.7. The number of hydrazine groups is 1. The van der Waals surface area contributed by atoms with E-state index in [-0.39, 0.29) is 25.0 Å². The van der Waals surface area contributed by atoms with E-state index in [4.69, 9.17) is 4.74 Å². The highest BCUT2D eigenvalue weighted by Crippen LogP contribution is 2.23. The molecular weight excluding hydrogens is 356 g/mol. The van der Waals surface area contributed by atoms with Crippen molar-refractivity contribution in [3.63, 3.8) is 0 Å². The third-order valence-electron chi connectivity index (χ3n) is 3.77. The summed E-state index contributed by atoms with van der Waals surface area (Å²) in [6.45, 7) is 4.77. The molecule has 0 aliphatic carbocycles. The molecule has 0 bridgehead atoms. The first-order valence-corrected chi connectivity index (χ1v) is 8.38. The SMILES string of the molecule is CC(C)(C)OC(=O)N([C@@H](Cc1ccc(O)cc1)C(=O)O)N1C(=O)CCC1=O. The highest BCUT2D eigenvalue weighted by molar-refractivity contribution is 6.03. The van der Waals surface area contributed by atoms with Crippen LogP contribution in [-0.2, 0) is 25.5 Å². The number of benzene rings is 1. The Morgan fingerprint density at radius 2 is 1.67 bits per heavy atom. The van der Waals surface area contributed by atoms with Crippen LogP contribution < -0.4 is 0 Å². The largest absolute Gasteiger partial charge is 0.508 e. The Hall–Kier alpha value is -3.10. The second-order valence-corrected chi connectivity index (χ2v) is 7.15. The molecule has 9 heteroatoms. The van der Waals surface area contributed by atoms with Crippen LogP contribution in [0.1, 0.15) is 39.2 Å². The van der Waals surface area contributed by atoms with E-state index in [0.29, 0.717) is 15.6 Å². The minimum atomic E-state index is -1.55. The number of carboxylic acid groups (broad SMARTS) is 1. The number of aromatic hydroxyl groups is 1. The van der Waals surface area contributed by atoms with Crippen molar-refractivity contribution in [2.75, 3.05) is 0 Å². The second-order valence-electron chi connectivity index (χ2n) is 7.15. The molecule has 1 fully saturated rings. The number of aliphatic carboxylic acids is 1. The van der Waals surface area contributed by atoms with Crippen molar-refractivity contribution >= 4 is 23.9 Å². The van der Waals surface area contributed by atoms with Gasteiger partial charge < -0.3 is 14.9 Å². The first-order valence-electron chi connectivity index (χ1n) is 8.38. The summed E-state index contributed by atoms with van der Waals surface area (Å²) >= 11 is 0. The number of hydrogen-bond acceptors (Lipinski definition) is 6. The van der Waals surface area contributed by atoms with E-state index < -0.39 is 35.5 Å². The highest BCUT2D eigenvalue weighted by Gasteiger charge is 2.44. The molecule has 2 N–H and O–H groups in total. The van der Waals surface area contributed by atoms with E-state index in [0.717, 1.165) is 0 Å². The summed E-state index contributed by atoms with van der Waals surface area (Å²) in [5.41, 5.74) is -0.462. The van der Waals surface area contributed by atoms with Crippen LogP contribution in [0.15, 0.2) is 24.3 Å². The lowest BCUT2D eigenvalue weighted by Gasteiger charge is -2.35. The zero-order chi connectivity index (χ0) is 20.4. The van der Waals surface area contributed by atoms with Crippen molar-refractivity contribution in [1.29, 1.82) is 0 Å². The fraction of sp³-hybridized carbons (Fsp3) is 0.444. The Morgan fingerprint density at radius 3 is 2.11 bits per heavy atom. The first-order chi connectivity index (χ1) is 12.5. The van der Waals surface area contributed by atoms with Crippen molar-refractivity contribution in [2.24, 2.45) is 0 Å². The van der Waals surface area contributed by atoms with Crippen LogP contribution in [0.3, 0.4) is 0 Å². The molecule has 1 aromatic carbocycles. The van der Waals surface area contributed by atoms with E-state index in [2.05, 4.69) is 0 Å².